The molecular formula is C24H18N4O6S. The molecule has 3 N–H and O–H groups in total. The van der Waals surface area contributed by atoms with E-state index in [4.69, 9.17) is 4.52 Å². The zero-order valence-corrected chi connectivity index (χ0v) is 19.3. The summed E-state index contributed by atoms with van der Waals surface area (Å²) in [6, 6.07) is 12.1. The number of rotatable bonds is 7. The molecule has 10 nitrogen and oxygen atoms in total. The minimum Gasteiger partial charge on any atom is -0.478 e. The number of carbonyl (C=O) groups excluding carboxylic acids is 3. The summed E-state index contributed by atoms with van der Waals surface area (Å²) in [4.78, 5) is 53.6. The van der Waals surface area contributed by atoms with Gasteiger partial charge in [0.1, 0.15) is 16.3 Å². The molecule has 0 spiro atoms. The number of Topliss-reactive ketones (excluding diaryl/α,β-unsaturated/α-hetero) is 1. The van der Waals surface area contributed by atoms with E-state index in [0.29, 0.717) is 21.3 Å². The summed E-state index contributed by atoms with van der Waals surface area (Å²) in [7, 11) is 0. The van der Waals surface area contributed by atoms with E-state index in [-0.39, 0.29) is 33.9 Å². The largest absolute Gasteiger partial charge is 0.478 e. The maximum Gasteiger partial charge on any atom is 0.336 e. The number of nitrogens with zero attached hydrogens (tertiary/aromatic N) is 2. The first-order valence-corrected chi connectivity index (χ1v) is 11.0. The molecule has 0 fully saturated rings. The number of aromatic carboxylic acids is 1. The van der Waals surface area contributed by atoms with Crippen molar-refractivity contribution in [1.82, 2.24) is 10.1 Å². The van der Waals surface area contributed by atoms with Crippen LogP contribution in [0.15, 0.2) is 59.3 Å². The molecule has 2 heterocycles. The molecule has 4 rings (SSSR count). The van der Waals surface area contributed by atoms with Gasteiger partial charge in [-0.1, -0.05) is 34.7 Å². The second-order valence-electron chi connectivity index (χ2n) is 7.39. The number of amides is 2. The van der Waals surface area contributed by atoms with Crippen LogP contribution in [0, 0.1) is 6.92 Å². The van der Waals surface area contributed by atoms with Crippen molar-refractivity contribution in [3.8, 4) is 10.6 Å². The third-order valence-corrected chi connectivity index (χ3v) is 6.12. The predicted octanol–water partition coefficient (Wildman–Crippen LogP) is 4.51. The summed E-state index contributed by atoms with van der Waals surface area (Å²) in [5, 5.41) is 19.2. The van der Waals surface area contributed by atoms with Crippen LogP contribution >= 0.6 is 11.3 Å². The quantitative estimate of drug-likeness (QED) is 0.320. The van der Waals surface area contributed by atoms with Crippen LogP contribution in [-0.2, 0) is 0 Å². The molecule has 2 aromatic carbocycles. The van der Waals surface area contributed by atoms with Gasteiger partial charge in [0.25, 0.3) is 11.8 Å². The topological polar surface area (TPSA) is 151 Å². The van der Waals surface area contributed by atoms with Crippen molar-refractivity contribution in [2.45, 2.75) is 13.8 Å². The van der Waals surface area contributed by atoms with E-state index in [1.807, 2.05) is 0 Å². The maximum absolute atomic E-state index is 12.8. The SMILES string of the molecule is CC(=O)c1ccc(-c2nc(C)c(NC(=O)c3ccccc3C(=O)O)s2)cc1C(=O)Nc1ccon1. The van der Waals surface area contributed by atoms with Gasteiger partial charge in [0, 0.05) is 17.2 Å². The summed E-state index contributed by atoms with van der Waals surface area (Å²) in [6.45, 7) is 3.05. The third-order valence-electron chi connectivity index (χ3n) is 5.00. The van der Waals surface area contributed by atoms with Crippen LogP contribution in [0.25, 0.3) is 10.6 Å². The van der Waals surface area contributed by atoms with E-state index in [9.17, 15) is 24.3 Å². The van der Waals surface area contributed by atoms with Gasteiger partial charge in [0.2, 0.25) is 0 Å². The molecule has 0 unspecified atom stereocenters. The second kappa shape index (κ2) is 9.69. The van der Waals surface area contributed by atoms with Crippen molar-refractivity contribution in [1.29, 1.82) is 0 Å². The molecule has 0 saturated heterocycles. The van der Waals surface area contributed by atoms with Crippen molar-refractivity contribution in [2.24, 2.45) is 0 Å². The molecule has 0 aliphatic rings. The normalized spacial score (nSPS) is 10.6. The first-order valence-electron chi connectivity index (χ1n) is 10.2. The Morgan fingerprint density at radius 3 is 2.29 bits per heavy atom. The van der Waals surface area contributed by atoms with Crippen LogP contribution in [0.1, 0.15) is 54.0 Å². The molecule has 4 aromatic rings. The van der Waals surface area contributed by atoms with Gasteiger partial charge in [0.15, 0.2) is 11.6 Å². The summed E-state index contributed by atoms with van der Waals surface area (Å²) in [6.07, 6.45) is 1.31. The molecule has 11 heteroatoms. The Bertz CT molecular complexity index is 1460. The van der Waals surface area contributed by atoms with E-state index >= 15 is 0 Å². The number of aromatic nitrogens is 2. The molecule has 0 bridgehead atoms. The molecule has 0 saturated carbocycles. The minimum atomic E-state index is -1.21. The summed E-state index contributed by atoms with van der Waals surface area (Å²) in [5.41, 5.74) is 1.32. The molecule has 176 valence electrons. The number of carbonyl (C=O) groups is 4. The van der Waals surface area contributed by atoms with E-state index in [1.54, 1.807) is 19.1 Å². The predicted molar refractivity (Wildman–Crippen MR) is 128 cm³/mol. The number of carboxylic acid groups (broad SMARTS) is 1. The number of anilines is 2. The van der Waals surface area contributed by atoms with Crippen LogP contribution in [0.4, 0.5) is 10.8 Å². The summed E-state index contributed by atoms with van der Waals surface area (Å²) >= 11 is 1.16. The Hall–Kier alpha value is -4.64. The van der Waals surface area contributed by atoms with Crippen LogP contribution in [0.2, 0.25) is 0 Å². The lowest BCUT2D eigenvalue weighted by Crippen LogP contribution is -2.16. The molecule has 2 aromatic heterocycles. The van der Waals surface area contributed by atoms with Crippen molar-refractivity contribution in [3.63, 3.8) is 0 Å². The minimum absolute atomic E-state index is 0.0203. The Kier molecular flexibility index (Phi) is 6.51. The summed E-state index contributed by atoms with van der Waals surface area (Å²) in [5.74, 6) is -2.42. The molecule has 0 radical (unpaired) electrons. The third kappa shape index (κ3) is 4.99. The average Bonchev–Trinajstić information content (AvgIpc) is 3.48. The number of thiazole rings is 1. The lowest BCUT2D eigenvalue weighted by atomic mass is 10.0. The maximum atomic E-state index is 12.8. The van der Waals surface area contributed by atoms with Crippen molar-refractivity contribution in [2.75, 3.05) is 10.6 Å². The molecular weight excluding hydrogens is 472 g/mol. The standard InChI is InChI=1S/C24H18N4O6S/c1-12-22(27-20(30)16-5-3-4-6-17(16)24(32)33)35-23(25-12)14-7-8-15(13(2)29)18(11-14)21(31)26-19-9-10-34-28-19/h3-11H,1-2H3,(H,27,30)(H,32,33)(H,26,28,31). The number of carboxylic acids is 1. The fourth-order valence-corrected chi connectivity index (χ4v) is 4.26. The molecule has 0 aliphatic heterocycles. The highest BCUT2D eigenvalue weighted by Crippen LogP contribution is 2.33. The average molecular weight is 490 g/mol. The number of benzene rings is 2. The zero-order valence-electron chi connectivity index (χ0n) is 18.5. The van der Waals surface area contributed by atoms with Gasteiger partial charge < -0.3 is 20.3 Å². The number of aryl methyl sites for hydroxylation is 1. The number of nitrogens with one attached hydrogen (secondary N) is 2. The van der Waals surface area contributed by atoms with Gasteiger partial charge in [-0.15, -0.1) is 0 Å². The highest BCUT2D eigenvalue weighted by Gasteiger charge is 2.21. The molecule has 35 heavy (non-hydrogen) atoms. The fourth-order valence-electron chi connectivity index (χ4n) is 3.31. The molecule has 0 atom stereocenters. The van der Waals surface area contributed by atoms with E-state index < -0.39 is 17.8 Å². The smallest absolute Gasteiger partial charge is 0.336 e. The van der Waals surface area contributed by atoms with Gasteiger partial charge in [0.05, 0.1) is 22.4 Å². The van der Waals surface area contributed by atoms with Gasteiger partial charge in [-0.2, -0.15) is 0 Å². The Labute approximate surface area is 202 Å². The van der Waals surface area contributed by atoms with Crippen molar-refractivity contribution < 1.29 is 28.8 Å². The van der Waals surface area contributed by atoms with Gasteiger partial charge in [-0.05, 0) is 38.1 Å². The highest BCUT2D eigenvalue weighted by atomic mass is 32.1. The van der Waals surface area contributed by atoms with Gasteiger partial charge in [-0.3, -0.25) is 14.4 Å². The van der Waals surface area contributed by atoms with Gasteiger partial charge in [-0.25, -0.2) is 9.78 Å². The van der Waals surface area contributed by atoms with Crippen LogP contribution in [-0.4, -0.2) is 38.8 Å². The highest BCUT2D eigenvalue weighted by molar-refractivity contribution is 7.19. The first-order chi connectivity index (χ1) is 16.7. The van der Waals surface area contributed by atoms with Crippen molar-refractivity contribution in [3.05, 3.63) is 82.7 Å². The van der Waals surface area contributed by atoms with E-state index in [0.717, 1.165) is 11.3 Å². The van der Waals surface area contributed by atoms with Crippen LogP contribution in [0.5, 0.6) is 0 Å². The number of hydrogen-bond acceptors (Lipinski definition) is 8. The molecule has 0 aliphatic carbocycles. The fraction of sp³-hybridized carbons (Fsp3) is 0.0833. The van der Waals surface area contributed by atoms with Gasteiger partial charge >= 0.3 is 5.97 Å². The number of ketones is 1. The summed E-state index contributed by atoms with van der Waals surface area (Å²) < 4.78 is 4.71. The zero-order chi connectivity index (χ0) is 25.1. The van der Waals surface area contributed by atoms with Crippen molar-refractivity contribution >= 4 is 45.7 Å². The van der Waals surface area contributed by atoms with E-state index in [2.05, 4.69) is 20.8 Å². The van der Waals surface area contributed by atoms with Crippen LogP contribution in [0.3, 0.4) is 0 Å². The van der Waals surface area contributed by atoms with E-state index in [1.165, 1.54) is 49.6 Å². The monoisotopic (exact) mass is 490 g/mol. The Morgan fingerprint density at radius 1 is 0.914 bits per heavy atom. The Morgan fingerprint density at radius 2 is 1.63 bits per heavy atom. The van der Waals surface area contributed by atoms with Crippen LogP contribution < -0.4 is 10.6 Å². The lowest BCUT2D eigenvalue weighted by Gasteiger charge is -2.08. The lowest BCUT2D eigenvalue weighted by molar-refractivity contribution is 0.0692. The molecule has 2 amide bonds. The number of hydrogen-bond donors (Lipinski definition) is 3. The Balaban J connectivity index is 1.64. The first kappa shape index (κ1) is 23.5. The second-order valence-corrected chi connectivity index (χ2v) is 8.39.